The Kier molecular flexibility index (Phi) is 6.89. The second-order valence-corrected chi connectivity index (χ2v) is 6.37. The molecule has 0 aromatic rings. The number of aliphatic imine (C=N–C) groups is 1. The Labute approximate surface area is 131 Å². The summed E-state index contributed by atoms with van der Waals surface area (Å²) in [4.78, 5) is 28.0. The van der Waals surface area contributed by atoms with Gasteiger partial charge in [0.2, 0.25) is 0 Å². The topological polar surface area (TPSA) is 106 Å². The van der Waals surface area contributed by atoms with Crippen molar-refractivity contribution in [3.8, 4) is 0 Å². The minimum atomic E-state index is -0.815. The van der Waals surface area contributed by atoms with Crippen LogP contribution in [0.5, 0.6) is 0 Å². The van der Waals surface area contributed by atoms with Crippen LogP contribution in [0.1, 0.15) is 41.5 Å². The molecule has 8 nitrogen and oxygen atoms in total. The third-order valence-electron chi connectivity index (χ3n) is 1.88. The Morgan fingerprint density at radius 3 is 1.95 bits per heavy atom. The van der Waals surface area contributed by atoms with Crippen LogP contribution in [0.4, 0.5) is 9.59 Å². The van der Waals surface area contributed by atoms with Crippen LogP contribution in [0.15, 0.2) is 17.3 Å². The van der Waals surface area contributed by atoms with Gasteiger partial charge < -0.3 is 15.2 Å². The third kappa shape index (κ3) is 8.13. The van der Waals surface area contributed by atoms with Gasteiger partial charge in [-0.25, -0.2) is 15.0 Å². The number of carbonyl (C=O) groups excluding carboxylic acids is 2. The molecule has 0 aliphatic heterocycles. The zero-order valence-electron chi connectivity index (χ0n) is 14.3. The normalized spacial score (nSPS) is 13.0. The van der Waals surface area contributed by atoms with Crippen molar-refractivity contribution in [1.82, 2.24) is 10.4 Å². The SMILES string of the molecule is CN=C(/C=C\N)N(NC(=O)OC(C)(C)C)C(=O)OC(C)(C)C. The molecule has 0 aromatic carbocycles. The van der Waals surface area contributed by atoms with Gasteiger partial charge in [0, 0.05) is 7.05 Å². The van der Waals surface area contributed by atoms with E-state index >= 15 is 0 Å². The van der Waals surface area contributed by atoms with E-state index in [0.29, 0.717) is 0 Å². The molecule has 8 heteroatoms. The molecule has 126 valence electrons. The molecule has 3 N–H and O–H groups in total. The van der Waals surface area contributed by atoms with Crippen molar-refractivity contribution in [3.05, 3.63) is 12.3 Å². The summed E-state index contributed by atoms with van der Waals surface area (Å²) in [6, 6.07) is 0. The summed E-state index contributed by atoms with van der Waals surface area (Å²) in [5.41, 5.74) is 6.16. The summed E-state index contributed by atoms with van der Waals surface area (Å²) in [5, 5.41) is 0.836. The molecule has 0 aromatic heterocycles. The van der Waals surface area contributed by atoms with E-state index in [4.69, 9.17) is 15.2 Å². The van der Waals surface area contributed by atoms with Crippen LogP contribution >= 0.6 is 0 Å². The smallest absolute Gasteiger partial charge is 0.435 e. The van der Waals surface area contributed by atoms with Crippen molar-refractivity contribution < 1.29 is 19.1 Å². The van der Waals surface area contributed by atoms with Crippen molar-refractivity contribution in [2.75, 3.05) is 7.05 Å². The average molecular weight is 314 g/mol. The summed E-state index contributed by atoms with van der Waals surface area (Å²) in [7, 11) is 1.45. The molecule has 0 atom stereocenters. The number of nitrogens with zero attached hydrogens (tertiary/aromatic N) is 2. The molecular weight excluding hydrogens is 288 g/mol. The van der Waals surface area contributed by atoms with Crippen molar-refractivity contribution >= 4 is 18.0 Å². The van der Waals surface area contributed by atoms with Crippen molar-refractivity contribution in [3.63, 3.8) is 0 Å². The number of nitrogens with two attached hydrogens (primary N) is 1. The molecular formula is C14H26N4O4. The maximum absolute atomic E-state index is 12.2. The number of hydrazine groups is 1. The first-order valence-corrected chi connectivity index (χ1v) is 6.77. The summed E-state index contributed by atoms with van der Waals surface area (Å²) in [6.45, 7) is 10.2. The molecule has 0 radical (unpaired) electrons. The number of nitrogens with one attached hydrogen (secondary N) is 1. The largest absolute Gasteiger partial charge is 0.443 e. The van der Waals surface area contributed by atoms with E-state index in [-0.39, 0.29) is 5.84 Å². The molecule has 0 saturated heterocycles. The highest BCUT2D eigenvalue weighted by atomic mass is 16.6. The van der Waals surface area contributed by atoms with E-state index in [1.807, 2.05) is 0 Å². The van der Waals surface area contributed by atoms with Gasteiger partial charge in [0.15, 0.2) is 5.84 Å². The third-order valence-corrected chi connectivity index (χ3v) is 1.88. The molecule has 2 amide bonds. The monoisotopic (exact) mass is 314 g/mol. The quantitative estimate of drug-likeness (QED) is 0.438. The fraction of sp³-hybridized carbons (Fsp3) is 0.643. The highest BCUT2D eigenvalue weighted by molar-refractivity contribution is 6.03. The van der Waals surface area contributed by atoms with E-state index in [2.05, 4.69) is 10.4 Å². The Balaban J connectivity index is 5.27. The number of rotatable bonds is 1. The lowest BCUT2D eigenvalue weighted by molar-refractivity contribution is 0.0166. The fourth-order valence-electron chi connectivity index (χ4n) is 1.23. The van der Waals surface area contributed by atoms with Crippen LogP contribution in [-0.4, -0.2) is 41.3 Å². The summed E-state index contributed by atoms with van der Waals surface area (Å²) in [5.74, 6) is 0.0996. The van der Waals surface area contributed by atoms with Gasteiger partial charge in [-0.1, -0.05) is 0 Å². The average Bonchev–Trinajstić information content (AvgIpc) is 2.29. The molecule has 0 fully saturated rings. The van der Waals surface area contributed by atoms with Crippen molar-refractivity contribution in [1.29, 1.82) is 0 Å². The summed E-state index contributed by atoms with van der Waals surface area (Å²) >= 11 is 0. The number of carbonyl (C=O) groups is 2. The molecule has 0 rings (SSSR count). The van der Waals surface area contributed by atoms with Crippen LogP contribution in [0, 0.1) is 0 Å². The van der Waals surface area contributed by atoms with Crippen LogP contribution in [0.2, 0.25) is 0 Å². The number of amides is 2. The lowest BCUT2D eigenvalue weighted by atomic mass is 10.2. The molecule has 0 bridgehead atoms. The number of amidine groups is 1. The second-order valence-electron chi connectivity index (χ2n) is 6.37. The van der Waals surface area contributed by atoms with Gasteiger partial charge >= 0.3 is 12.2 Å². The lowest BCUT2D eigenvalue weighted by Crippen LogP contribution is -2.52. The first kappa shape index (κ1) is 19.8. The number of hydrogen-bond acceptors (Lipinski definition) is 6. The van der Waals surface area contributed by atoms with Gasteiger partial charge in [0.25, 0.3) is 0 Å². The minimum Gasteiger partial charge on any atom is -0.443 e. The summed E-state index contributed by atoms with van der Waals surface area (Å²) < 4.78 is 10.3. The zero-order valence-corrected chi connectivity index (χ0v) is 14.3. The molecule has 0 unspecified atom stereocenters. The molecule has 0 saturated carbocycles. The lowest BCUT2D eigenvalue weighted by Gasteiger charge is -2.28. The van der Waals surface area contributed by atoms with E-state index in [9.17, 15) is 9.59 Å². The standard InChI is InChI=1S/C14H26N4O4/c1-13(2,3)21-11(19)17-18(10(16-7)8-9-15)12(20)22-14(4,5)6/h8-9H,15H2,1-7H3,(H,17,19)/b9-8-,16-10?. The van der Waals surface area contributed by atoms with Gasteiger partial charge in [0.1, 0.15) is 11.2 Å². The van der Waals surface area contributed by atoms with Crippen LogP contribution in [-0.2, 0) is 9.47 Å². The molecule has 0 aliphatic rings. The van der Waals surface area contributed by atoms with Gasteiger partial charge in [-0.05, 0) is 53.8 Å². The molecule has 0 heterocycles. The Morgan fingerprint density at radius 2 is 1.59 bits per heavy atom. The van der Waals surface area contributed by atoms with Gasteiger partial charge in [0.05, 0.1) is 0 Å². The van der Waals surface area contributed by atoms with Crippen LogP contribution in [0.25, 0.3) is 0 Å². The van der Waals surface area contributed by atoms with Gasteiger partial charge in [-0.2, -0.15) is 5.01 Å². The van der Waals surface area contributed by atoms with Crippen LogP contribution in [0.3, 0.4) is 0 Å². The maximum Gasteiger partial charge on any atom is 0.435 e. The Hall–Kier alpha value is -2.25. The highest BCUT2D eigenvalue weighted by Gasteiger charge is 2.28. The fourth-order valence-corrected chi connectivity index (χ4v) is 1.23. The predicted molar refractivity (Wildman–Crippen MR) is 84.1 cm³/mol. The zero-order chi connectivity index (χ0) is 17.6. The van der Waals surface area contributed by atoms with Gasteiger partial charge in [-0.3, -0.25) is 4.99 Å². The van der Waals surface area contributed by atoms with E-state index in [1.165, 1.54) is 19.3 Å². The number of ether oxygens (including phenoxy) is 2. The Bertz CT molecular complexity index is 458. The second kappa shape index (κ2) is 7.67. The van der Waals surface area contributed by atoms with Gasteiger partial charge in [-0.15, -0.1) is 0 Å². The predicted octanol–water partition coefficient (Wildman–Crippen LogP) is 2.16. The molecule has 22 heavy (non-hydrogen) atoms. The van der Waals surface area contributed by atoms with E-state index in [1.54, 1.807) is 41.5 Å². The Morgan fingerprint density at radius 1 is 1.09 bits per heavy atom. The minimum absolute atomic E-state index is 0.0996. The summed E-state index contributed by atoms with van der Waals surface area (Å²) in [6.07, 6.45) is 0.916. The first-order chi connectivity index (χ1) is 9.89. The van der Waals surface area contributed by atoms with E-state index in [0.717, 1.165) is 5.01 Å². The van der Waals surface area contributed by atoms with Crippen molar-refractivity contribution in [2.24, 2.45) is 10.7 Å². The maximum atomic E-state index is 12.2. The molecule has 0 aliphatic carbocycles. The van der Waals surface area contributed by atoms with Crippen LogP contribution < -0.4 is 11.2 Å². The highest BCUT2D eigenvalue weighted by Crippen LogP contribution is 2.11. The first-order valence-electron chi connectivity index (χ1n) is 6.77. The van der Waals surface area contributed by atoms with Crippen molar-refractivity contribution in [2.45, 2.75) is 52.7 Å². The van der Waals surface area contributed by atoms with E-state index < -0.39 is 23.4 Å². The number of hydrogen-bond donors (Lipinski definition) is 2. The molecule has 0 spiro atoms.